The molecule has 1 aliphatic carbocycles. The highest BCUT2D eigenvalue weighted by Gasteiger charge is 2.28. The molecule has 112 valence electrons. The minimum atomic E-state index is 0.256. The molecule has 1 atom stereocenters. The van der Waals surface area contributed by atoms with Gasteiger partial charge < -0.3 is 10.6 Å². The van der Waals surface area contributed by atoms with E-state index in [0.717, 1.165) is 24.3 Å². The summed E-state index contributed by atoms with van der Waals surface area (Å²) in [5, 5.41) is 0.777. The molecule has 0 spiro atoms. The van der Waals surface area contributed by atoms with E-state index in [9.17, 15) is 0 Å². The number of nitrogens with zero attached hydrogens (tertiary/aromatic N) is 1. The Morgan fingerprint density at radius 1 is 1.05 bits per heavy atom. The molecule has 2 N–H and O–H groups in total. The fraction of sp³-hybridized carbons (Fsp3) is 0.263. The van der Waals surface area contributed by atoms with E-state index < -0.39 is 0 Å². The lowest BCUT2D eigenvalue weighted by molar-refractivity contribution is 0.624. The predicted molar refractivity (Wildman–Crippen MR) is 94.6 cm³/mol. The average molecular weight is 311 g/mol. The van der Waals surface area contributed by atoms with Gasteiger partial charge >= 0.3 is 0 Å². The topological polar surface area (TPSA) is 29.3 Å². The van der Waals surface area contributed by atoms with Gasteiger partial charge in [0.05, 0.1) is 0 Å². The van der Waals surface area contributed by atoms with Crippen molar-refractivity contribution < 1.29 is 0 Å². The van der Waals surface area contributed by atoms with Gasteiger partial charge in [-0.2, -0.15) is 0 Å². The first kappa shape index (κ1) is 13.9. The van der Waals surface area contributed by atoms with Gasteiger partial charge in [-0.25, -0.2) is 0 Å². The Labute approximate surface area is 136 Å². The predicted octanol–water partition coefficient (Wildman–Crippen LogP) is 4.84. The largest absolute Gasteiger partial charge is 0.344 e. The fourth-order valence-electron chi connectivity index (χ4n) is 3.73. The maximum atomic E-state index is 6.26. The molecule has 3 heteroatoms. The molecule has 2 nitrogen and oxygen atoms in total. The van der Waals surface area contributed by atoms with E-state index in [0.29, 0.717) is 0 Å². The first-order valence-electron chi connectivity index (χ1n) is 7.76. The summed E-state index contributed by atoms with van der Waals surface area (Å²) in [6.45, 7) is 0. The van der Waals surface area contributed by atoms with Crippen LogP contribution < -0.4 is 10.6 Å². The van der Waals surface area contributed by atoms with Crippen LogP contribution in [0.5, 0.6) is 0 Å². The number of allylic oxidation sites excluding steroid dienone is 1. The number of nitrogens with two attached hydrogens (primary N) is 1. The van der Waals surface area contributed by atoms with E-state index >= 15 is 0 Å². The second kappa shape index (κ2) is 5.15. The zero-order valence-electron chi connectivity index (χ0n) is 12.6. The molecule has 22 heavy (non-hydrogen) atoms. The number of hydrogen-bond acceptors (Lipinski definition) is 2. The molecule has 2 aromatic rings. The minimum Gasteiger partial charge on any atom is -0.344 e. The number of benzene rings is 2. The van der Waals surface area contributed by atoms with E-state index in [4.69, 9.17) is 17.3 Å². The zero-order valence-corrected chi connectivity index (χ0v) is 13.4. The fourth-order valence-corrected chi connectivity index (χ4v) is 3.89. The molecule has 1 aliphatic heterocycles. The number of para-hydroxylation sites is 1. The summed E-state index contributed by atoms with van der Waals surface area (Å²) in [7, 11) is 2.12. The lowest BCUT2D eigenvalue weighted by Crippen LogP contribution is -2.23. The van der Waals surface area contributed by atoms with Crippen molar-refractivity contribution in [1.82, 2.24) is 0 Å². The molecule has 0 saturated heterocycles. The lowest BCUT2D eigenvalue weighted by Gasteiger charge is -2.25. The van der Waals surface area contributed by atoms with E-state index in [1.54, 1.807) is 0 Å². The summed E-state index contributed by atoms with van der Waals surface area (Å²) >= 11 is 6.26. The third kappa shape index (κ3) is 2.06. The Hall–Kier alpha value is -1.77. The highest BCUT2D eigenvalue weighted by atomic mass is 35.5. The van der Waals surface area contributed by atoms with Gasteiger partial charge in [0, 0.05) is 40.6 Å². The highest BCUT2D eigenvalue weighted by molar-refractivity contribution is 6.31. The monoisotopic (exact) mass is 310 g/mol. The summed E-state index contributed by atoms with van der Waals surface area (Å²) in [5.41, 5.74) is 14.1. The lowest BCUT2D eigenvalue weighted by atomic mass is 9.82. The summed E-state index contributed by atoms with van der Waals surface area (Å²) in [4.78, 5) is 2.25. The number of anilines is 2. The standard InChI is InChI=1S/C19H19ClN2/c1-22-18-5-3-2-4-15(18)17-11-13(21)7-9-14(17)16-8-6-12(20)10-19(16)22/h2-6,8,10,13H,7,9,11,21H2,1H3. The van der Waals surface area contributed by atoms with Gasteiger partial charge in [0.2, 0.25) is 0 Å². The van der Waals surface area contributed by atoms with Gasteiger partial charge in [0.25, 0.3) is 0 Å². The number of hydrogen-bond donors (Lipinski definition) is 1. The molecule has 0 fully saturated rings. The second-order valence-electron chi connectivity index (χ2n) is 6.20. The van der Waals surface area contributed by atoms with Crippen molar-refractivity contribution in [1.29, 1.82) is 0 Å². The van der Waals surface area contributed by atoms with Gasteiger partial charge in [-0.3, -0.25) is 0 Å². The quantitative estimate of drug-likeness (QED) is 0.754. The van der Waals surface area contributed by atoms with Crippen molar-refractivity contribution in [3.05, 3.63) is 58.6 Å². The molecular weight excluding hydrogens is 292 g/mol. The molecule has 0 bridgehead atoms. The molecule has 0 amide bonds. The van der Waals surface area contributed by atoms with Crippen molar-refractivity contribution in [2.24, 2.45) is 5.73 Å². The highest BCUT2D eigenvalue weighted by Crippen LogP contribution is 2.48. The van der Waals surface area contributed by atoms with Crippen molar-refractivity contribution >= 4 is 34.1 Å². The second-order valence-corrected chi connectivity index (χ2v) is 6.63. The SMILES string of the molecule is CN1c2cc(Cl)ccc2C2=C(CC(N)CC2)c2ccccc21. The first-order chi connectivity index (χ1) is 10.6. The molecule has 0 aromatic heterocycles. The van der Waals surface area contributed by atoms with Gasteiger partial charge in [0.15, 0.2) is 0 Å². The Morgan fingerprint density at radius 3 is 2.68 bits per heavy atom. The van der Waals surface area contributed by atoms with E-state index in [1.165, 1.54) is 33.6 Å². The number of halogens is 1. The third-order valence-corrected chi connectivity index (χ3v) is 5.07. The molecule has 1 unspecified atom stereocenters. The zero-order chi connectivity index (χ0) is 15.3. The summed E-state index contributed by atoms with van der Waals surface area (Å²) in [5.74, 6) is 0. The average Bonchev–Trinajstić information content (AvgIpc) is 2.63. The summed E-state index contributed by atoms with van der Waals surface area (Å²) in [6.07, 6.45) is 3.03. The van der Waals surface area contributed by atoms with E-state index in [-0.39, 0.29) is 6.04 Å². The van der Waals surface area contributed by atoms with Crippen LogP contribution >= 0.6 is 11.6 Å². The minimum absolute atomic E-state index is 0.256. The van der Waals surface area contributed by atoms with Gasteiger partial charge in [0.1, 0.15) is 0 Å². The van der Waals surface area contributed by atoms with E-state index in [2.05, 4.69) is 48.3 Å². The van der Waals surface area contributed by atoms with E-state index in [1.807, 2.05) is 6.07 Å². The van der Waals surface area contributed by atoms with Gasteiger partial charge in [-0.05, 0) is 48.6 Å². The van der Waals surface area contributed by atoms with Crippen LogP contribution in [0.25, 0.3) is 11.1 Å². The maximum Gasteiger partial charge on any atom is 0.0499 e. The van der Waals surface area contributed by atoms with Crippen molar-refractivity contribution in [3.63, 3.8) is 0 Å². The van der Waals surface area contributed by atoms with Crippen LogP contribution in [-0.2, 0) is 0 Å². The third-order valence-electron chi connectivity index (χ3n) is 4.83. The first-order valence-corrected chi connectivity index (χ1v) is 8.13. The number of rotatable bonds is 0. The summed E-state index contributed by atoms with van der Waals surface area (Å²) in [6, 6.07) is 15.1. The van der Waals surface area contributed by atoms with Gasteiger partial charge in [-0.1, -0.05) is 35.9 Å². The Bertz CT molecular complexity index is 779. The smallest absolute Gasteiger partial charge is 0.0499 e. The van der Waals surface area contributed by atoms with Crippen molar-refractivity contribution in [2.45, 2.75) is 25.3 Å². The molecule has 0 radical (unpaired) electrons. The van der Waals surface area contributed by atoms with Crippen LogP contribution in [0.1, 0.15) is 30.4 Å². The molecule has 0 saturated carbocycles. The van der Waals surface area contributed by atoms with Crippen LogP contribution in [0.3, 0.4) is 0 Å². The Kier molecular flexibility index (Phi) is 3.24. The Balaban J connectivity index is 2.05. The summed E-state index contributed by atoms with van der Waals surface area (Å²) < 4.78 is 0. The molecule has 1 heterocycles. The van der Waals surface area contributed by atoms with Crippen LogP contribution in [0, 0.1) is 0 Å². The molecule has 2 aliphatic rings. The normalized spacial score (nSPS) is 20.1. The number of fused-ring (bicyclic) bond motifs is 4. The van der Waals surface area contributed by atoms with Gasteiger partial charge in [-0.15, -0.1) is 0 Å². The maximum absolute atomic E-state index is 6.26. The Morgan fingerprint density at radius 2 is 1.82 bits per heavy atom. The van der Waals surface area contributed by atoms with Crippen LogP contribution in [-0.4, -0.2) is 13.1 Å². The van der Waals surface area contributed by atoms with Crippen molar-refractivity contribution in [2.75, 3.05) is 11.9 Å². The molecule has 4 rings (SSSR count). The van der Waals surface area contributed by atoms with Crippen molar-refractivity contribution in [3.8, 4) is 0 Å². The molecular formula is C19H19ClN2. The van der Waals surface area contributed by atoms with Crippen LogP contribution in [0.4, 0.5) is 11.4 Å². The molecule has 2 aromatic carbocycles. The van der Waals surface area contributed by atoms with Crippen LogP contribution in [0.2, 0.25) is 5.02 Å². The van der Waals surface area contributed by atoms with Crippen LogP contribution in [0.15, 0.2) is 42.5 Å².